The largest absolute Gasteiger partial charge is 0.508 e. The molecule has 2 N–H and O–H groups in total. The zero-order valence-corrected chi connectivity index (χ0v) is 10.9. The topological polar surface area (TPSA) is 52.6 Å². The van der Waals surface area contributed by atoms with E-state index in [0.717, 1.165) is 25.1 Å². The van der Waals surface area contributed by atoms with Gasteiger partial charge in [0.1, 0.15) is 5.75 Å². The number of nitrogens with one attached hydrogen (secondary N) is 1. The summed E-state index contributed by atoms with van der Waals surface area (Å²) in [6.45, 7) is 4.07. The maximum atomic E-state index is 12.4. The number of carbonyl (C=O) groups excluding carboxylic acids is 1. The molecule has 0 radical (unpaired) electrons. The van der Waals surface area contributed by atoms with Crippen molar-refractivity contribution in [3.8, 4) is 5.75 Å². The lowest BCUT2D eigenvalue weighted by Crippen LogP contribution is -2.41. The van der Waals surface area contributed by atoms with Gasteiger partial charge in [0.15, 0.2) is 0 Å². The van der Waals surface area contributed by atoms with Crippen LogP contribution < -0.4 is 5.32 Å². The molecule has 2 rings (SSSR count). The van der Waals surface area contributed by atoms with Crippen molar-refractivity contribution in [2.75, 3.05) is 20.1 Å². The first kappa shape index (κ1) is 12.9. The van der Waals surface area contributed by atoms with Gasteiger partial charge in [0.2, 0.25) is 5.91 Å². The second kappa shape index (κ2) is 4.98. The lowest BCUT2D eigenvalue weighted by Gasteiger charge is -2.28. The number of para-hydroxylation sites is 1. The van der Waals surface area contributed by atoms with Crippen LogP contribution in [0.2, 0.25) is 0 Å². The van der Waals surface area contributed by atoms with Crippen LogP contribution in [0.15, 0.2) is 24.3 Å². The van der Waals surface area contributed by atoms with Gasteiger partial charge in [0.05, 0.1) is 5.41 Å². The Morgan fingerprint density at radius 1 is 1.50 bits per heavy atom. The summed E-state index contributed by atoms with van der Waals surface area (Å²) in [7, 11) is 1.79. The van der Waals surface area contributed by atoms with Gasteiger partial charge in [-0.25, -0.2) is 0 Å². The zero-order valence-electron chi connectivity index (χ0n) is 10.9. The van der Waals surface area contributed by atoms with Crippen LogP contribution in [-0.4, -0.2) is 36.1 Å². The van der Waals surface area contributed by atoms with Crippen LogP contribution in [0, 0.1) is 5.41 Å². The molecule has 1 fully saturated rings. The average molecular weight is 248 g/mol. The molecule has 0 bridgehead atoms. The molecule has 1 saturated heterocycles. The van der Waals surface area contributed by atoms with Crippen LogP contribution >= 0.6 is 0 Å². The highest BCUT2D eigenvalue weighted by molar-refractivity contribution is 5.82. The third kappa shape index (κ3) is 2.48. The third-order valence-electron chi connectivity index (χ3n) is 3.63. The van der Waals surface area contributed by atoms with Crippen LogP contribution in [-0.2, 0) is 11.3 Å². The molecule has 4 nitrogen and oxygen atoms in total. The number of benzene rings is 1. The van der Waals surface area contributed by atoms with E-state index in [1.807, 2.05) is 19.1 Å². The molecule has 1 aliphatic rings. The van der Waals surface area contributed by atoms with Gasteiger partial charge in [-0.15, -0.1) is 0 Å². The minimum atomic E-state index is -0.306. The normalized spacial score (nSPS) is 23.0. The standard InChI is InChI=1S/C14H20N2O2/c1-14(7-8-15-10-14)13(18)16(2)9-11-5-3-4-6-12(11)17/h3-6,15,17H,7-10H2,1-2H3. The number of nitrogens with zero attached hydrogens (tertiary/aromatic N) is 1. The zero-order chi connectivity index (χ0) is 13.2. The first-order valence-electron chi connectivity index (χ1n) is 6.26. The minimum absolute atomic E-state index is 0.135. The van der Waals surface area contributed by atoms with E-state index in [9.17, 15) is 9.90 Å². The molecule has 0 spiro atoms. The fraction of sp³-hybridized carbons (Fsp3) is 0.500. The number of amides is 1. The molecular formula is C14H20N2O2. The van der Waals surface area contributed by atoms with Crippen molar-refractivity contribution in [2.45, 2.75) is 19.9 Å². The predicted molar refractivity (Wildman–Crippen MR) is 70.2 cm³/mol. The van der Waals surface area contributed by atoms with Crippen LogP contribution in [0.25, 0.3) is 0 Å². The predicted octanol–water partition coefficient (Wildman–Crippen LogP) is 1.35. The summed E-state index contributed by atoms with van der Waals surface area (Å²) in [6.07, 6.45) is 0.872. The quantitative estimate of drug-likeness (QED) is 0.849. The summed E-state index contributed by atoms with van der Waals surface area (Å²) >= 11 is 0. The molecule has 1 aromatic rings. The van der Waals surface area contributed by atoms with E-state index in [4.69, 9.17) is 0 Å². The monoisotopic (exact) mass is 248 g/mol. The van der Waals surface area contributed by atoms with Crippen LogP contribution in [0.1, 0.15) is 18.9 Å². The summed E-state index contributed by atoms with van der Waals surface area (Å²) in [6, 6.07) is 7.13. The van der Waals surface area contributed by atoms with E-state index in [1.165, 1.54) is 0 Å². The lowest BCUT2D eigenvalue weighted by molar-refractivity contribution is -0.139. The molecule has 18 heavy (non-hydrogen) atoms. The van der Waals surface area contributed by atoms with E-state index < -0.39 is 0 Å². The average Bonchev–Trinajstić information content (AvgIpc) is 2.79. The van der Waals surface area contributed by atoms with Crippen molar-refractivity contribution < 1.29 is 9.90 Å². The fourth-order valence-corrected chi connectivity index (χ4v) is 2.43. The number of hydrogen-bond donors (Lipinski definition) is 2. The Balaban J connectivity index is 2.06. The van der Waals surface area contributed by atoms with Crippen LogP contribution in [0.3, 0.4) is 0 Å². The molecule has 1 aliphatic heterocycles. The Morgan fingerprint density at radius 2 is 2.22 bits per heavy atom. The minimum Gasteiger partial charge on any atom is -0.508 e. The smallest absolute Gasteiger partial charge is 0.229 e. The first-order chi connectivity index (χ1) is 8.53. The summed E-state index contributed by atoms with van der Waals surface area (Å²) < 4.78 is 0. The highest BCUT2D eigenvalue weighted by Crippen LogP contribution is 2.28. The van der Waals surface area contributed by atoms with Gasteiger partial charge >= 0.3 is 0 Å². The van der Waals surface area contributed by atoms with Crippen LogP contribution in [0.5, 0.6) is 5.75 Å². The van der Waals surface area contributed by atoms with Crippen LogP contribution in [0.4, 0.5) is 0 Å². The highest BCUT2D eigenvalue weighted by atomic mass is 16.3. The molecule has 1 heterocycles. The van der Waals surface area contributed by atoms with Crippen molar-refractivity contribution in [2.24, 2.45) is 5.41 Å². The molecule has 1 amide bonds. The molecular weight excluding hydrogens is 228 g/mol. The van der Waals surface area contributed by atoms with E-state index in [2.05, 4.69) is 5.32 Å². The Labute approximate surface area is 108 Å². The van der Waals surface area contributed by atoms with Gasteiger partial charge < -0.3 is 15.3 Å². The fourth-order valence-electron chi connectivity index (χ4n) is 2.43. The highest BCUT2D eigenvalue weighted by Gasteiger charge is 2.38. The number of carbonyl (C=O) groups is 1. The number of phenolic OH excluding ortho intramolecular Hbond substituents is 1. The summed E-state index contributed by atoms with van der Waals surface area (Å²) in [5.41, 5.74) is 0.474. The maximum absolute atomic E-state index is 12.4. The van der Waals surface area contributed by atoms with E-state index in [1.54, 1.807) is 24.1 Å². The Hall–Kier alpha value is -1.55. The third-order valence-corrected chi connectivity index (χ3v) is 3.63. The van der Waals surface area contributed by atoms with Crippen molar-refractivity contribution in [1.82, 2.24) is 10.2 Å². The van der Waals surface area contributed by atoms with Gasteiger partial charge in [-0.2, -0.15) is 0 Å². The molecule has 4 heteroatoms. The van der Waals surface area contributed by atoms with Crippen molar-refractivity contribution >= 4 is 5.91 Å². The number of hydrogen-bond acceptors (Lipinski definition) is 3. The van der Waals surface area contributed by atoms with Crippen molar-refractivity contribution in [1.29, 1.82) is 0 Å². The molecule has 1 unspecified atom stereocenters. The van der Waals surface area contributed by atoms with Gasteiger partial charge in [-0.3, -0.25) is 4.79 Å². The number of phenols is 1. The second-order valence-electron chi connectivity index (χ2n) is 5.28. The molecule has 98 valence electrons. The van der Waals surface area contributed by atoms with E-state index >= 15 is 0 Å². The van der Waals surface area contributed by atoms with Crippen molar-refractivity contribution in [3.63, 3.8) is 0 Å². The first-order valence-corrected chi connectivity index (χ1v) is 6.26. The van der Waals surface area contributed by atoms with Crippen molar-refractivity contribution in [3.05, 3.63) is 29.8 Å². The van der Waals surface area contributed by atoms with E-state index in [-0.39, 0.29) is 17.1 Å². The molecule has 1 atom stereocenters. The summed E-state index contributed by atoms with van der Waals surface area (Å²) in [4.78, 5) is 14.1. The Bertz CT molecular complexity index is 439. The SMILES string of the molecule is CN(Cc1ccccc1O)C(=O)C1(C)CCNC1. The number of rotatable bonds is 3. The maximum Gasteiger partial charge on any atom is 0.229 e. The molecule has 0 aliphatic carbocycles. The number of aromatic hydroxyl groups is 1. The lowest BCUT2D eigenvalue weighted by atomic mass is 9.88. The van der Waals surface area contributed by atoms with Gasteiger partial charge in [-0.05, 0) is 26.0 Å². The van der Waals surface area contributed by atoms with E-state index in [0.29, 0.717) is 6.54 Å². The Morgan fingerprint density at radius 3 is 2.83 bits per heavy atom. The van der Waals surface area contributed by atoms with Gasteiger partial charge in [0, 0.05) is 25.7 Å². The van der Waals surface area contributed by atoms with Gasteiger partial charge in [-0.1, -0.05) is 18.2 Å². The summed E-state index contributed by atoms with van der Waals surface area (Å²) in [5, 5.41) is 12.9. The Kier molecular flexibility index (Phi) is 3.57. The molecule has 1 aromatic carbocycles. The molecule has 0 saturated carbocycles. The van der Waals surface area contributed by atoms with Gasteiger partial charge in [0.25, 0.3) is 0 Å². The summed E-state index contributed by atoms with van der Waals surface area (Å²) in [5.74, 6) is 0.377. The second-order valence-corrected chi connectivity index (χ2v) is 5.28. The molecule has 0 aromatic heterocycles.